The van der Waals surface area contributed by atoms with Gasteiger partial charge in [0.25, 0.3) is 0 Å². The maximum atomic E-state index is 5.46. The third-order valence-corrected chi connectivity index (χ3v) is 12.5. The van der Waals surface area contributed by atoms with Crippen LogP contribution in [-0.2, 0) is 5.41 Å². The summed E-state index contributed by atoms with van der Waals surface area (Å²) in [5, 5.41) is 4.55. The predicted octanol–water partition coefficient (Wildman–Crippen LogP) is 14.4. The van der Waals surface area contributed by atoms with E-state index < -0.39 is 5.41 Å². The normalized spacial score (nSPS) is 12.7. The minimum absolute atomic E-state index is 0.491. The summed E-state index contributed by atoms with van der Waals surface area (Å²) in [4.78, 5) is 15.7. The molecular formula is C58H37N3. The van der Waals surface area contributed by atoms with Gasteiger partial charge in [-0.05, 0) is 68.8 Å². The molecule has 61 heavy (non-hydrogen) atoms. The van der Waals surface area contributed by atoms with Gasteiger partial charge in [-0.2, -0.15) is 0 Å². The van der Waals surface area contributed by atoms with Gasteiger partial charge in [0.1, 0.15) is 0 Å². The van der Waals surface area contributed by atoms with E-state index >= 15 is 0 Å². The van der Waals surface area contributed by atoms with Crippen LogP contribution in [0.3, 0.4) is 0 Å². The van der Waals surface area contributed by atoms with Crippen molar-refractivity contribution in [1.82, 2.24) is 15.0 Å². The highest BCUT2D eigenvalue weighted by atomic mass is 14.9. The minimum Gasteiger partial charge on any atom is -0.247 e. The zero-order chi connectivity index (χ0) is 40.3. The third-order valence-electron chi connectivity index (χ3n) is 12.5. The summed E-state index contributed by atoms with van der Waals surface area (Å²) in [5.41, 5.74) is 16.2. The summed E-state index contributed by atoms with van der Waals surface area (Å²) < 4.78 is 0. The summed E-state index contributed by atoms with van der Waals surface area (Å²) in [6.45, 7) is 0. The van der Waals surface area contributed by atoms with Crippen molar-refractivity contribution >= 4 is 32.6 Å². The molecule has 3 heteroatoms. The van der Waals surface area contributed by atoms with Crippen LogP contribution in [0.15, 0.2) is 224 Å². The SMILES string of the molecule is c1ccc(-c2nc(-c3cccc(-c4cccc(-c5nc6ccccc6c6c7c(ccc56)C(c5ccccc5)(c5ccccc5)c5ccccc5-7)c4)c3)nc3ccccc23)cc1. The number of para-hydroxylation sites is 2. The fourth-order valence-electron chi connectivity index (χ4n) is 9.90. The molecule has 11 aromatic rings. The van der Waals surface area contributed by atoms with Gasteiger partial charge < -0.3 is 0 Å². The lowest BCUT2D eigenvalue weighted by molar-refractivity contribution is 0.769. The van der Waals surface area contributed by atoms with Gasteiger partial charge in [-0.25, -0.2) is 15.0 Å². The Hall–Kier alpha value is -8.01. The monoisotopic (exact) mass is 775 g/mol. The molecule has 0 radical (unpaired) electrons. The summed E-state index contributed by atoms with van der Waals surface area (Å²) in [5.74, 6) is 0.703. The lowest BCUT2D eigenvalue weighted by Gasteiger charge is -2.34. The number of benzene rings is 9. The van der Waals surface area contributed by atoms with E-state index in [4.69, 9.17) is 15.0 Å². The Bertz CT molecular complexity index is 3430. The van der Waals surface area contributed by atoms with Crippen LogP contribution in [0.2, 0.25) is 0 Å². The summed E-state index contributed by atoms with van der Waals surface area (Å²) in [6, 6.07) is 80.4. The molecule has 0 unspecified atom stereocenters. The molecule has 0 saturated carbocycles. The molecule has 3 nitrogen and oxygen atoms in total. The van der Waals surface area contributed by atoms with Crippen LogP contribution in [-0.4, -0.2) is 15.0 Å². The highest BCUT2D eigenvalue weighted by Gasteiger charge is 2.46. The van der Waals surface area contributed by atoms with Gasteiger partial charge in [0.05, 0.1) is 27.8 Å². The first-order valence-corrected chi connectivity index (χ1v) is 20.9. The van der Waals surface area contributed by atoms with E-state index in [-0.39, 0.29) is 0 Å². The third kappa shape index (κ3) is 5.48. The fraction of sp³-hybridized carbons (Fsp3) is 0.0172. The number of rotatable bonds is 6. The number of aromatic nitrogens is 3. The van der Waals surface area contributed by atoms with E-state index in [0.717, 1.165) is 66.4 Å². The van der Waals surface area contributed by atoms with Gasteiger partial charge in [0.15, 0.2) is 5.82 Å². The zero-order valence-corrected chi connectivity index (χ0v) is 33.2. The molecule has 284 valence electrons. The molecule has 0 amide bonds. The molecule has 0 N–H and O–H groups in total. The van der Waals surface area contributed by atoms with E-state index in [2.05, 4.69) is 206 Å². The van der Waals surface area contributed by atoms with Gasteiger partial charge in [0.2, 0.25) is 0 Å². The second-order valence-electron chi connectivity index (χ2n) is 15.9. The molecule has 12 rings (SSSR count). The van der Waals surface area contributed by atoms with Crippen LogP contribution >= 0.6 is 0 Å². The first-order chi connectivity index (χ1) is 30.3. The van der Waals surface area contributed by atoms with E-state index in [1.807, 2.05) is 18.2 Å². The minimum atomic E-state index is -0.491. The lowest BCUT2D eigenvalue weighted by atomic mass is 9.67. The maximum absolute atomic E-state index is 5.46. The molecular weight excluding hydrogens is 739 g/mol. The van der Waals surface area contributed by atoms with Crippen LogP contribution in [0.1, 0.15) is 22.3 Å². The van der Waals surface area contributed by atoms with Gasteiger partial charge in [-0.1, -0.05) is 200 Å². The summed E-state index contributed by atoms with van der Waals surface area (Å²) >= 11 is 0. The topological polar surface area (TPSA) is 38.7 Å². The fourth-order valence-corrected chi connectivity index (χ4v) is 9.90. The second-order valence-corrected chi connectivity index (χ2v) is 15.9. The van der Waals surface area contributed by atoms with Crippen molar-refractivity contribution in [2.75, 3.05) is 0 Å². The molecule has 0 spiro atoms. The van der Waals surface area contributed by atoms with Crippen LogP contribution in [0.25, 0.3) is 88.7 Å². The average Bonchev–Trinajstić information content (AvgIpc) is 3.65. The molecule has 0 fully saturated rings. The Morgan fingerprint density at radius 1 is 0.311 bits per heavy atom. The average molecular weight is 776 g/mol. The quantitative estimate of drug-likeness (QED) is 0.158. The molecule has 2 aromatic heterocycles. The Morgan fingerprint density at radius 2 is 0.836 bits per heavy atom. The van der Waals surface area contributed by atoms with Crippen LogP contribution < -0.4 is 0 Å². The zero-order valence-electron chi connectivity index (χ0n) is 33.2. The van der Waals surface area contributed by atoms with E-state index in [9.17, 15) is 0 Å². The molecule has 0 bridgehead atoms. The molecule has 1 aliphatic carbocycles. The summed E-state index contributed by atoms with van der Waals surface area (Å²) in [7, 11) is 0. The molecule has 0 aliphatic heterocycles. The van der Waals surface area contributed by atoms with Gasteiger partial charge in [-0.3, -0.25) is 0 Å². The first kappa shape index (κ1) is 35.0. The Balaban J connectivity index is 1.05. The number of pyridine rings is 1. The molecule has 1 aliphatic rings. The molecule has 0 saturated heterocycles. The number of fused-ring (bicyclic) bond motifs is 8. The van der Waals surface area contributed by atoms with Gasteiger partial charge in [0, 0.05) is 38.2 Å². The van der Waals surface area contributed by atoms with Gasteiger partial charge >= 0.3 is 0 Å². The molecule has 9 aromatic carbocycles. The second kappa shape index (κ2) is 14.1. The Labute approximate surface area is 354 Å². The highest BCUT2D eigenvalue weighted by Crippen LogP contribution is 2.58. The van der Waals surface area contributed by atoms with Gasteiger partial charge in [-0.15, -0.1) is 0 Å². The van der Waals surface area contributed by atoms with Crippen molar-refractivity contribution in [1.29, 1.82) is 0 Å². The van der Waals surface area contributed by atoms with Crippen molar-refractivity contribution < 1.29 is 0 Å². The van der Waals surface area contributed by atoms with Crippen molar-refractivity contribution in [3.05, 3.63) is 247 Å². The Kier molecular flexibility index (Phi) is 8.07. The lowest BCUT2D eigenvalue weighted by Crippen LogP contribution is -2.28. The smallest absolute Gasteiger partial charge is 0.160 e. The van der Waals surface area contributed by atoms with E-state index in [1.165, 1.54) is 38.8 Å². The predicted molar refractivity (Wildman–Crippen MR) is 251 cm³/mol. The number of nitrogens with zero attached hydrogens (tertiary/aromatic N) is 3. The highest BCUT2D eigenvalue weighted by molar-refractivity contribution is 6.19. The van der Waals surface area contributed by atoms with Crippen molar-refractivity contribution in [2.24, 2.45) is 0 Å². The first-order valence-electron chi connectivity index (χ1n) is 20.9. The van der Waals surface area contributed by atoms with E-state index in [0.29, 0.717) is 5.82 Å². The molecule has 0 atom stereocenters. The van der Waals surface area contributed by atoms with Crippen LogP contribution in [0, 0.1) is 0 Å². The standard InChI is InChI=1S/C58H37N3/c1-4-18-38(19-5-1)55-47-30-12-15-33-52(47)60-57(61-55)42-23-17-21-40(37-42)39-20-16-22-41(36-39)56-48-34-35-50-54(53(48)46-29-11-14-32-51(46)59-56)45-28-10-13-31-49(45)58(50,43-24-6-2-7-25-43)44-26-8-3-9-27-44/h1-37H. The number of hydrogen-bond acceptors (Lipinski definition) is 3. The van der Waals surface area contributed by atoms with Crippen LogP contribution in [0.5, 0.6) is 0 Å². The molecule has 2 heterocycles. The Morgan fingerprint density at radius 3 is 1.56 bits per heavy atom. The maximum Gasteiger partial charge on any atom is 0.160 e. The van der Waals surface area contributed by atoms with Crippen molar-refractivity contribution in [2.45, 2.75) is 5.41 Å². The van der Waals surface area contributed by atoms with E-state index in [1.54, 1.807) is 0 Å². The van der Waals surface area contributed by atoms with Crippen molar-refractivity contribution in [3.8, 4) is 56.2 Å². The largest absolute Gasteiger partial charge is 0.247 e. The van der Waals surface area contributed by atoms with Crippen LogP contribution in [0.4, 0.5) is 0 Å². The summed E-state index contributed by atoms with van der Waals surface area (Å²) in [6.07, 6.45) is 0. The number of hydrogen-bond donors (Lipinski definition) is 0. The van der Waals surface area contributed by atoms with Crippen molar-refractivity contribution in [3.63, 3.8) is 0 Å².